The SMILES string of the molecule is CCCCCCCCCC(=O)O.C[C@@H](O)[C@H](N)C(=O)O.[Na]. The van der Waals surface area contributed by atoms with Crippen LogP contribution < -0.4 is 5.73 Å². The van der Waals surface area contributed by atoms with Gasteiger partial charge in [-0.05, 0) is 13.3 Å². The molecule has 21 heavy (non-hydrogen) atoms. The van der Waals surface area contributed by atoms with Gasteiger partial charge >= 0.3 is 11.9 Å². The summed E-state index contributed by atoms with van der Waals surface area (Å²) in [5.74, 6) is -1.84. The van der Waals surface area contributed by atoms with Gasteiger partial charge in [-0.25, -0.2) is 0 Å². The molecule has 7 heteroatoms. The molecule has 0 aromatic heterocycles. The third-order valence-corrected chi connectivity index (χ3v) is 2.80. The molecule has 0 spiro atoms. The standard InChI is InChI=1S/C10H20O2.C4H9NO3.Na/c1-2-3-4-5-6-7-8-9-10(11)12;1-2(6)3(5)4(7)8;/h2-9H2,1H3,(H,11,12);2-3,6H,5H2,1H3,(H,7,8);/t;2-,3+;/m.1./s1. The molecule has 6 nitrogen and oxygen atoms in total. The van der Waals surface area contributed by atoms with Crippen molar-refractivity contribution < 1.29 is 24.9 Å². The van der Waals surface area contributed by atoms with Crippen molar-refractivity contribution in [2.24, 2.45) is 5.73 Å². The first-order valence-electron chi connectivity index (χ1n) is 7.21. The van der Waals surface area contributed by atoms with E-state index in [2.05, 4.69) is 6.92 Å². The fraction of sp³-hybridized carbons (Fsp3) is 0.857. The van der Waals surface area contributed by atoms with E-state index in [1.165, 1.54) is 39.0 Å². The van der Waals surface area contributed by atoms with Crippen molar-refractivity contribution in [2.45, 2.75) is 77.4 Å². The Morgan fingerprint density at radius 3 is 1.71 bits per heavy atom. The second-order valence-electron chi connectivity index (χ2n) is 4.87. The number of unbranched alkanes of at least 4 members (excludes halogenated alkanes) is 6. The Bertz CT molecular complexity index is 262. The van der Waals surface area contributed by atoms with Gasteiger partial charge in [0.15, 0.2) is 0 Å². The fourth-order valence-corrected chi connectivity index (χ4v) is 1.44. The predicted molar refractivity (Wildman–Crippen MR) is 83.3 cm³/mol. The number of carboxylic acids is 2. The fourth-order valence-electron chi connectivity index (χ4n) is 1.44. The molecule has 0 saturated heterocycles. The Morgan fingerprint density at radius 1 is 1.00 bits per heavy atom. The number of carboxylic acid groups (broad SMARTS) is 2. The number of rotatable bonds is 10. The molecule has 0 bridgehead atoms. The van der Waals surface area contributed by atoms with Gasteiger partial charge < -0.3 is 21.1 Å². The zero-order chi connectivity index (χ0) is 16.0. The van der Waals surface area contributed by atoms with E-state index >= 15 is 0 Å². The van der Waals surface area contributed by atoms with Crippen LogP contribution in [0.3, 0.4) is 0 Å². The van der Waals surface area contributed by atoms with Crippen LogP contribution in [0.2, 0.25) is 0 Å². The van der Waals surface area contributed by atoms with Crippen molar-refractivity contribution in [2.75, 3.05) is 0 Å². The number of aliphatic hydroxyl groups excluding tert-OH is 1. The molecule has 2 atom stereocenters. The minimum absolute atomic E-state index is 0. The first-order chi connectivity index (χ1) is 9.32. The molecule has 1 radical (unpaired) electrons. The predicted octanol–water partition coefficient (Wildman–Crippen LogP) is 1.61. The number of hydrogen-bond donors (Lipinski definition) is 4. The van der Waals surface area contributed by atoms with Crippen LogP contribution >= 0.6 is 0 Å². The minimum atomic E-state index is -1.18. The van der Waals surface area contributed by atoms with Crippen molar-refractivity contribution in [1.82, 2.24) is 0 Å². The molecule has 0 unspecified atom stereocenters. The van der Waals surface area contributed by atoms with Gasteiger partial charge in [0.25, 0.3) is 0 Å². The molecule has 0 aliphatic rings. The van der Waals surface area contributed by atoms with Crippen molar-refractivity contribution in [3.63, 3.8) is 0 Å². The minimum Gasteiger partial charge on any atom is -0.481 e. The smallest absolute Gasteiger partial charge is 0.323 e. The van der Waals surface area contributed by atoms with Gasteiger partial charge in [0.2, 0.25) is 0 Å². The van der Waals surface area contributed by atoms with E-state index in [4.69, 9.17) is 21.1 Å². The van der Waals surface area contributed by atoms with Crippen LogP contribution in [-0.2, 0) is 9.59 Å². The first kappa shape index (κ1) is 25.8. The van der Waals surface area contributed by atoms with Crippen LogP contribution in [0.4, 0.5) is 0 Å². The summed E-state index contributed by atoms with van der Waals surface area (Å²) in [5, 5.41) is 24.9. The molecule has 0 aromatic rings. The number of aliphatic hydroxyl groups is 1. The number of hydrogen-bond acceptors (Lipinski definition) is 4. The van der Waals surface area contributed by atoms with E-state index in [1.54, 1.807) is 0 Å². The molecule has 0 aliphatic heterocycles. The molecule has 0 amide bonds. The van der Waals surface area contributed by atoms with Gasteiger partial charge in [-0.3, -0.25) is 9.59 Å². The molecule has 0 aromatic carbocycles. The van der Waals surface area contributed by atoms with Crippen molar-refractivity contribution in [1.29, 1.82) is 0 Å². The molecule has 0 saturated carbocycles. The Labute approximate surface area is 149 Å². The summed E-state index contributed by atoms with van der Waals surface area (Å²) in [6.07, 6.45) is 7.66. The van der Waals surface area contributed by atoms with Crippen LogP contribution in [0.5, 0.6) is 0 Å². The van der Waals surface area contributed by atoms with Gasteiger partial charge in [-0.1, -0.05) is 45.4 Å². The Morgan fingerprint density at radius 2 is 1.43 bits per heavy atom. The molecule has 0 heterocycles. The molecular weight excluding hydrogens is 285 g/mol. The zero-order valence-electron chi connectivity index (χ0n) is 13.5. The quantitative estimate of drug-likeness (QED) is 0.359. The summed E-state index contributed by atoms with van der Waals surface area (Å²) >= 11 is 0. The maximum atomic E-state index is 10.1. The van der Waals surface area contributed by atoms with Crippen molar-refractivity contribution >= 4 is 41.5 Å². The van der Waals surface area contributed by atoms with Crippen LogP contribution in [0.1, 0.15) is 65.2 Å². The summed E-state index contributed by atoms with van der Waals surface area (Å²) in [5.41, 5.74) is 4.91. The summed E-state index contributed by atoms with van der Waals surface area (Å²) in [7, 11) is 0. The molecule has 0 fully saturated rings. The van der Waals surface area contributed by atoms with E-state index in [0.717, 1.165) is 12.8 Å². The van der Waals surface area contributed by atoms with E-state index in [1.807, 2.05) is 0 Å². The second kappa shape index (κ2) is 17.9. The van der Waals surface area contributed by atoms with Crippen LogP contribution in [0.25, 0.3) is 0 Å². The van der Waals surface area contributed by atoms with E-state index < -0.39 is 24.1 Å². The molecule has 0 aliphatic carbocycles. The van der Waals surface area contributed by atoms with Crippen LogP contribution in [-0.4, -0.2) is 69.0 Å². The monoisotopic (exact) mass is 314 g/mol. The van der Waals surface area contributed by atoms with E-state index in [9.17, 15) is 9.59 Å². The Balaban J connectivity index is -0.000000317. The van der Waals surface area contributed by atoms with Crippen LogP contribution in [0.15, 0.2) is 0 Å². The Hall–Kier alpha value is -0.140. The van der Waals surface area contributed by atoms with Gasteiger partial charge in [0.05, 0.1) is 6.10 Å². The topological polar surface area (TPSA) is 121 Å². The summed E-state index contributed by atoms with van der Waals surface area (Å²) < 4.78 is 0. The summed E-state index contributed by atoms with van der Waals surface area (Å²) in [6.45, 7) is 3.53. The molecular formula is C14H29NNaO5. The largest absolute Gasteiger partial charge is 0.481 e. The maximum absolute atomic E-state index is 10.1. The van der Waals surface area contributed by atoms with Crippen molar-refractivity contribution in [3.8, 4) is 0 Å². The third kappa shape index (κ3) is 22.3. The maximum Gasteiger partial charge on any atom is 0.323 e. The third-order valence-electron chi connectivity index (χ3n) is 2.80. The zero-order valence-corrected chi connectivity index (χ0v) is 15.5. The average Bonchev–Trinajstić information content (AvgIpc) is 2.37. The van der Waals surface area contributed by atoms with Crippen molar-refractivity contribution in [3.05, 3.63) is 0 Å². The summed E-state index contributed by atoms with van der Waals surface area (Å²) in [4.78, 5) is 20.0. The normalized spacial score (nSPS) is 12.4. The Kier molecular flexibility index (Phi) is 22.0. The van der Waals surface area contributed by atoms with Gasteiger partial charge in [0, 0.05) is 36.0 Å². The molecule has 0 rings (SSSR count). The number of nitrogens with two attached hydrogens (primary N) is 1. The van der Waals surface area contributed by atoms with Gasteiger partial charge in [0.1, 0.15) is 6.04 Å². The number of aliphatic carboxylic acids is 2. The van der Waals surface area contributed by atoms with Gasteiger partial charge in [-0.2, -0.15) is 0 Å². The average molecular weight is 314 g/mol. The molecule has 121 valence electrons. The molecule has 5 N–H and O–H groups in total. The van der Waals surface area contributed by atoms with Gasteiger partial charge in [-0.15, -0.1) is 0 Å². The van der Waals surface area contributed by atoms with Crippen LogP contribution in [0, 0.1) is 0 Å². The summed E-state index contributed by atoms with van der Waals surface area (Å²) in [6, 6.07) is -1.16. The van der Waals surface area contributed by atoms with E-state index in [-0.39, 0.29) is 29.6 Å². The second-order valence-corrected chi connectivity index (χ2v) is 4.87. The first-order valence-corrected chi connectivity index (χ1v) is 7.21. The number of carbonyl (C=O) groups is 2. The van der Waals surface area contributed by atoms with E-state index in [0.29, 0.717) is 6.42 Å².